The van der Waals surface area contributed by atoms with Gasteiger partial charge in [-0.2, -0.15) is 5.10 Å². The van der Waals surface area contributed by atoms with Gasteiger partial charge >= 0.3 is 0 Å². The standard InChI is InChI=1S/C24H22Cl2N4O3/c1-14-8-9-15(2)21(10-14)32-13-18-16(3)33-29-22(18)24(31)27-23-20(26)12-30(28-23)11-17-6-4-5-7-19(17)25/h4-10,12H,11,13H2,1-3H3,(H,27,28,31). The molecule has 33 heavy (non-hydrogen) atoms. The molecule has 2 heterocycles. The fourth-order valence-corrected chi connectivity index (χ4v) is 3.68. The van der Waals surface area contributed by atoms with Crippen molar-refractivity contribution in [3.63, 3.8) is 0 Å². The molecule has 1 amide bonds. The topological polar surface area (TPSA) is 82.2 Å². The molecule has 170 valence electrons. The fourth-order valence-electron chi connectivity index (χ4n) is 3.28. The smallest absolute Gasteiger partial charge is 0.279 e. The number of rotatable bonds is 7. The van der Waals surface area contributed by atoms with E-state index >= 15 is 0 Å². The predicted molar refractivity (Wildman–Crippen MR) is 127 cm³/mol. The van der Waals surface area contributed by atoms with Gasteiger partial charge in [-0.3, -0.25) is 9.48 Å². The summed E-state index contributed by atoms with van der Waals surface area (Å²) in [4.78, 5) is 12.9. The number of nitrogens with one attached hydrogen (secondary N) is 1. The molecule has 0 spiro atoms. The Hall–Kier alpha value is -3.29. The van der Waals surface area contributed by atoms with Gasteiger partial charge in [-0.15, -0.1) is 0 Å². The van der Waals surface area contributed by atoms with E-state index in [1.165, 1.54) is 0 Å². The summed E-state index contributed by atoms with van der Waals surface area (Å²) in [6, 6.07) is 13.4. The highest BCUT2D eigenvalue weighted by molar-refractivity contribution is 6.33. The van der Waals surface area contributed by atoms with Crippen LogP contribution >= 0.6 is 23.2 Å². The Morgan fingerprint density at radius 2 is 1.91 bits per heavy atom. The van der Waals surface area contributed by atoms with Crippen molar-refractivity contribution >= 4 is 34.9 Å². The average molecular weight is 485 g/mol. The van der Waals surface area contributed by atoms with Gasteiger partial charge < -0.3 is 14.6 Å². The molecule has 9 heteroatoms. The van der Waals surface area contributed by atoms with Gasteiger partial charge in [0.2, 0.25) is 0 Å². The summed E-state index contributed by atoms with van der Waals surface area (Å²) in [7, 11) is 0. The molecule has 0 saturated heterocycles. The molecular formula is C24H22Cl2N4O3. The minimum absolute atomic E-state index is 0.120. The third-order valence-corrected chi connectivity index (χ3v) is 5.80. The van der Waals surface area contributed by atoms with Crippen LogP contribution in [0.5, 0.6) is 5.75 Å². The lowest BCUT2D eigenvalue weighted by atomic mass is 10.1. The van der Waals surface area contributed by atoms with E-state index in [2.05, 4.69) is 15.6 Å². The SMILES string of the molecule is Cc1ccc(C)c(OCc2c(C(=O)Nc3nn(Cc4ccccc4Cl)cc3Cl)noc2C)c1. The summed E-state index contributed by atoms with van der Waals surface area (Å²) in [6.45, 7) is 6.23. The van der Waals surface area contributed by atoms with Crippen LogP contribution < -0.4 is 10.1 Å². The van der Waals surface area contributed by atoms with E-state index in [1.807, 2.05) is 50.2 Å². The second-order valence-corrected chi connectivity index (χ2v) is 8.51. The molecule has 0 bridgehead atoms. The minimum Gasteiger partial charge on any atom is -0.488 e. The monoisotopic (exact) mass is 484 g/mol. The predicted octanol–water partition coefficient (Wildman–Crippen LogP) is 5.98. The summed E-state index contributed by atoms with van der Waals surface area (Å²) in [5, 5.41) is 11.9. The number of ether oxygens (including phenoxy) is 1. The Balaban J connectivity index is 1.49. The number of halogens is 2. The zero-order valence-electron chi connectivity index (χ0n) is 18.4. The number of amides is 1. The molecule has 4 aromatic rings. The fraction of sp³-hybridized carbons (Fsp3) is 0.208. The van der Waals surface area contributed by atoms with Crippen LogP contribution in [0.15, 0.2) is 53.2 Å². The van der Waals surface area contributed by atoms with Gasteiger partial charge in [0.05, 0.1) is 12.1 Å². The van der Waals surface area contributed by atoms with Gasteiger partial charge in [0, 0.05) is 11.2 Å². The van der Waals surface area contributed by atoms with Crippen LogP contribution in [0.3, 0.4) is 0 Å². The highest BCUT2D eigenvalue weighted by Gasteiger charge is 2.22. The van der Waals surface area contributed by atoms with Crippen molar-refractivity contribution in [1.29, 1.82) is 0 Å². The van der Waals surface area contributed by atoms with Crippen molar-refractivity contribution < 1.29 is 14.1 Å². The molecule has 0 fully saturated rings. The number of hydrogen-bond donors (Lipinski definition) is 1. The Bertz CT molecular complexity index is 1310. The van der Waals surface area contributed by atoms with Gasteiger partial charge in [-0.25, -0.2) is 0 Å². The van der Waals surface area contributed by atoms with E-state index in [-0.39, 0.29) is 18.1 Å². The lowest BCUT2D eigenvalue weighted by Crippen LogP contribution is -2.16. The van der Waals surface area contributed by atoms with E-state index < -0.39 is 5.91 Å². The number of carbonyl (C=O) groups is 1. The summed E-state index contributed by atoms with van der Waals surface area (Å²) < 4.78 is 12.8. The Kier molecular flexibility index (Phi) is 6.72. The van der Waals surface area contributed by atoms with E-state index in [0.717, 1.165) is 22.4 Å². The number of aryl methyl sites for hydroxylation is 3. The molecule has 0 aliphatic heterocycles. The summed E-state index contributed by atoms with van der Waals surface area (Å²) in [5.41, 5.74) is 3.64. The van der Waals surface area contributed by atoms with Gasteiger partial charge in [-0.05, 0) is 49.6 Å². The van der Waals surface area contributed by atoms with E-state index in [0.29, 0.717) is 27.9 Å². The second kappa shape index (κ2) is 9.68. The summed E-state index contributed by atoms with van der Waals surface area (Å²) in [6.07, 6.45) is 1.62. The third kappa shape index (κ3) is 5.21. The summed E-state index contributed by atoms with van der Waals surface area (Å²) >= 11 is 12.5. The van der Waals surface area contributed by atoms with Crippen molar-refractivity contribution in [2.24, 2.45) is 0 Å². The first-order chi connectivity index (χ1) is 15.8. The number of benzene rings is 2. The molecule has 1 N–H and O–H groups in total. The van der Waals surface area contributed by atoms with Gasteiger partial charge in [0.15, 0.2) is 11.5 Å². The maximum atomic E-state index is 12.9. The van der Waals surface area contributed by atoms with E-state index in [9.17, 15) is 4.79 Å². The third-order valence-electron chi connectivity index (χ3n) is 5.15. The molecular weight excluding hydrogens is 463 g/mol. The lowest BCUT2D eigenvalue weighted by molar-refractivity contribution is 0.101. The van der Waals surface area contributed by atoms with Crippen molar-refractivity contribution in [3.05, 3.63) is 92.4 Å². The molecule has 0 unspecified atom stereocenters. The van der Waals surface area contributed by atoms with Crippen LogP contribution in [0.1, 0.15) is 38.5 Å². The van der Waals surface area contributed by atoms with Crippen molar-refractivity contribution in [1.82, 2.24) is 14.9 Å². The molecule has 7 nitrogen and oxygen atoms in total. The Morgan fingerprint density at radius 3 is 2.70 bits per heavy atom. The van der Waals surface area contributed by atoms with Crippen LogP contribution in [0.25, 0.3) is 0 Å². The number of anilines is 1. The van der Waals surface area contributed by atoms with Gasteiger partial charge in [0.1, 0.15) is 23.1 Å². The van der Waals surface area contributed by atoms with Crippen molar-refractivity contribution in [2.45, 2.75) is 33.9 Å². The van der Waals surface area contributed by atoms with Gasteiger partial charge in [-0.1, -0.05) is 58.7 Å². The minimum atomic E-state index is -0.490. The lowest BCUT2D eigenvalue weighted by Gasteiger charge is -2.10. The van der Waals surface area contributed by atoms with Crippen LogP contribution in [0.2, 0.25) is 10.0 Å². The van der Waals surface area contributed by atoms with Crippen LogP contribution in [0.4, 0.5) is 5.82 Å². The number of hydrogen-bond acceptors (Lipinski definition) is 5. The maximum Gasteiger partial charge on any atom is 0.279 e. The summed E-state index contributed by atoms with van der Waals surface area (Å²) in [5.74, 6) is 0.969. The first-order valence-corrected chi connectivity index (χ1v) is 11.0. The molecule has 0 saturated carbocycles. The van der Waals surface area contributed by atoms with Crippen LogP contribution in [-0.4, -0.2) is 20.8 Å². The van der Waals surface area contributed by atoms with Crippen molar-refractivity contribution in [3.8, 4) is 5.75 Å². The second-order valence-electron chi connectivity index (χ2n) is 7.69. The van der Waals surface area contributed by atoms with Crippen LogP contribution in [0, 0.1) is 20.8 Å². The molecule has 0 aliphatic rings. The number of nitrogens with zero attached hydrogens (tertiary/aromatic N) is 3. The quantitative estimate of drug-likeness (QED) is 0.348. The number of carbonyl (C=O) groups excluding carboxylic acids is 1. The Morgan fingerprint density at radius 1 is 1.12 bits per heavy atom. The van der Waals surface area contributed by atoms with Gasteiger partial charge in [0.25, 0.3) is 5.91 Å². The number of aromatic nitrogens is 3. The maximum absolute atomic E-state index is 12.9. The molecule has 2 aromatic carbocycles. The zero-order valence-corrected chi connectivity index (χ0v) is 19.9. The molecule has 2 aromatic heterocycles. The zero-order chi connectivity index (χ0) is 23.5. The first-order valence-electron chi connectivity index (χ1n) is 10.2. The Labute approximate surface area is 201 Å². The largest absolute Gasteiger partial charge is 0.488 e. The van der Waals surface area contributed by atoms with E-state index in [1.54, 1.807) is 23.9 Å². The van der Waals surface area contributed by atoms with Crippen molar-refractivity contribution in [2.75, 3.05) is 5.32 Å². The van der Waals surface area contributed by atoms with Crippen LogP contribution in [-0.2, 0) is 13.2 Å². The first kappa shape index (κ1) is 22.9. The highest BCUT2D eigenvalue weighted by Crippen LogP contribution is 2.25. The molecule has 0 atom stereocenters. The highest BCUT2D eigenvalue weighted by atomic mass is 35.5. The average Bonchev–Trinajstić information content (AvgIpc) is 3.32. The molecule has 0 radical (unpaired) electrons. The normalized spacial score (nSPS) is 10.9. The van der Waals surface area contributed by atoms with E-state index in [4.69, 9.17) is 32.5 Å². The molecule has 0 aliphatic carbocycles. The molecule has 4 rings (SSSR count).